The largest absolute Gasteiger partial charge is 0.394 e. The molecule has 1 unspecified atom stereocenters. The third kappa shape index (κ3) is 9.91. The maximum Gasteiger partial charge on any atom is 0.217 e. The zero-order chi connectivity index (χ0) is 42.9. The van der Waals surface area contributed by atoms with Crippen LogP contribution in [0, 0.1) is 0 Å². The van der Waals surface area contributed by atoms with Gasteiger partial charge in [0.1, 0.15) is 116 Å². The topological polar surface area (TPSA) is 416 Å². The first-order valence-electron chi connectivity index (χ1n) is 18.5. The fourth-order valence-electron chi connectivity index (χ4n) is 7.26. The average molecular weight is 854 g/mol. The Hall–Kier alpha value is -1.49. The van der Waals surface area contributed by atoms with Crippen molar-refractivity contribution >= 4 is 5.91 Å². The maximum atomic E-state index is 12.3. The highest BCUT2D eigenvalue weighted by Gasteiger charge is 2.55. The van der Waals surface area contributed by atoms with E-state index in [1.54, 1.807) is 0 Å². The molecule has 338 valence electrons. The minimum atomic E-state index is -2.08. The number of hydrogen-bond donors (Lipinski definition) is 16. The molecular formula is C32H55NO25. The van der Waals surface area contributed by atoms with E-state index in [-0.39, 0.29) is 0 Å². The summed E-state index contributed by atoms with van der Waals surface area (Å²) in [6.07, 6.45) is -42.6. The molecule has 0 saturated carbocycles. The van der Waals surface area contributed by atoms with Gasteiger partial charge in [0.2, 0.25) is 5.91 Å². The highest BCUT2D eigenvalue weighted by molar-refractivity contribution is 5.73. The number of ether oxygens (including phenoxy) is 9. The van der Waals surface area contributed by atoms with Crippen molar-refractivity contribution in [3.05, 3.63) is 0 Å². The molecule has 5 heterocycles. The van der Waals surface area contributed by atoms with Crippen LogP contribution < -0.4 is 5.32 Å². The number of rotatable bonds is 13. The van der Waals surface area contributed by atoms with Crippen LogP contribution in [0.15, 0.2) is 0 Å². The summed E-state index contributed by atoms with van der Waals surface area (Å²) < 4.78 is 50.6. The van der Waals surface area contributed by atoms with Crippen LogP contribution in [0.2, 0.25) is 0 Å². The number of hydrogen-bond acceptors (Lipinski definition) is 25. The molecule has 0 spiro atoms. The van der Waals surface area contributed by atoms with E-state index in [1.807, 2.05) is 0 Å². The van der Waals surface area contributed by atoms with E-state index in [1.165, 1.54) is 6.92 Å². The summed E-state index contributed by atoms with van der Waals surface area (Å²) in [5, 5.41) is 159. The third-order valence-corrected chi connectivity index (χ3v) is 10.7. The Morgan fingerprint density at radius 1 is 0.483 bits per heavy atom. The van der Waals surface area contributed by atoms with E-state index < -0.39 is 186 Å². The van der Waals surface area contributed by atoms with Crippen molar-refractivity contribution < 1.29 is 124 Å². The van der Waals surface area contributed by atoms with E-state index in [9.17, 15) is 81.4 Å². The van der Waals surface area contributed by atoms with Gasteiger partial charge in [-0.05, 0) is 6.92 Å². The van der Waals surface area contributed by atoms with Gasteiger partial charge in [-0.2, -0.15) is 0 Å². The first-order valence-corrected chi connectivity index (χ1v) is 18.5. The maximum absolute atomic E-state index is 12.3. The number of aliphatic hydroxyl groups is 15. The highest BCUT2D eigenvalue weighted by atomic mass is 16.8. The average Bonchev–Trinajstić information content (AvgIpc) is 3.19. The van der Waals surface area contributed by atoms with Crippen molar-refractivity contribution in [1.82, 2.24) is 5.32 Å². The summed E-state index contributed by atoms with van der Waals surface area (Å²) >= 11 is 0. The molecule has 1 amide bonds. The quantitative estimate of drug-likeness (QED) is 0.0818. The lowest BCUT2D eigenvalue weighted by atomic mass is 9.95. The summed E-state index contributed by atoms with van der Waals surface area (Å²) in [4.78, 5) is 12.3. The van der Waals surface area contributed by atoms with Gasteiger partial charge in [0.15, 0.2) is 31.5 Å². The molecule has 0 aliphatic carbocycles. The molecule has 16 N–H and O–H groups in total. The van der Waals surface area contributed by atoms with Crippen molar-refractivity contribution in [1.29, 1.82) is 0 Å². The van der Waals surface area contributed by atoms with Crippen LogP contribution >= 0.6 is 0 Å². The molecule has 0 radical (unpaired) electrons. The molecule has 0 aromatic carbocycles. The van der Waals surface area contributed by atoms with Crippen LogP contribution in [0.25, 0.3) is 0 Å². The molecule has 5 saturated heterocycles. The molecule has 25 atom stereocenters. The van der Waals surface area contributed by atoms with Gasteiger partial charge in [-0.3, -0.25) is 4.79 Å². The lowest BCUT2D eigenvalue weighted by Crippen LogP contribution is -2.68. The Morgan fingerprint density at radius 3 is 1.48 bits per heavy atom. The van der Waals surface area contributed by atoms with Gasteiger partial charge in [-0.1, -0.05) is 0 Å². The van der Waals surface area contributed by atoms with Crippen molar-refractivity contribution in [3.63, 3.8) is 0 Å². The van der Waals surface area contributed by atoms with Crippen molar-refractivity contribution in [2.45, 2.75) is 167 Å². The summed E-state index contributed by atoms with van der Waals surface area (Å²) in [5.74, 6) is -0.747. The van der Waals surface area contributed by atoms with E-state index in [4.69, 9.17) is 42.6 Å². The summed E-state index contributed by atoms with van der Waals surface area (Å²) in [6.45, 7) is -1.02. The fraction of sp³-hybridized carbons (Fsp3) is 0.969. The molecule has 5 fully saturated rings. The van der Waals surface area contributed by atoms with Gasteiger partial charge in [0.05, 0.1) is 32.5 Å². The number of carbonyl (C=O) groups excluding carboxylic acids is 1. The minimum absolute atomic E-state index is 0.747. The molecule has 5 rings (SSSR count). The molecule has 0 aromatic heterocycles. The number of nitrogens with one attached hydrogen (secondary N) is 1. The first kappa shape index (κ1) is 47.6. The van der Waals surface area contributed by atoms with E-state index in [2.05, 4.69) is 5.32 Å². The van der Waals surface area contributed by atoms with Crippen LogP contribution in [0.1, 0.15) is 13.8 Å². The summed E-state index contributed by atoms with van der Waals surface area (Å²) in [6, 6.07) is -1.54. The second kappa shape index (κ2) is 20.1. The molecule has 5 aliphatic rings. The molecule has 26 nitrogen and oxygen atoms in total. The normalized spacial score (nSPS) is 51.6. The molecule has 0 aromatic rings. The zero-order valence-corrected chi connectivity index (χ0v) is 31.1. The summed E-state index contributed by atoms with van der Waals surface area (Å²) in [5.41, 5.74) is 0. The standard InChI is InChI=1S/C32H55NO25/c1-7-14(38)18(42)21(45)30(51-7)58-27-24(48)28(49)52-11(5-36)25(27)56-32-23(47)20(44)16(40)12(55-32)6-50-29-13(33-8(2)37)26(17(41)10(4-35)53-29)57-31-22(46)19(43)15(39)9(3-34)54-31/h7,9-32,34-36,38-49H,3-6H2,1-2H3,(H,33,37)/t7-,9+,10+,11+,12+,13+,14+,15-,16-,17+,18+,19-,20-,21-,22+,23+,24+,25+,26+,27+,28?,29+,30-,31-,32-/m0/s1. The molecule has 0 bridgehead atoms. The Bertz CT molecular complexity index is 1310. The second-order valence-corrected chi connectivity index (χ2v) is 14.7. The van der Waals surface area contributed by atoms with Crippen LogP contribution in [0.3, 0.4) is 0 Å². The van der Waals surface area contributed by atoms with E-state index >= 15 is 0 Å². The molecule has 58 heavy (non-hydrogen) atoms. The van der Waals surface area contributed by atoms with Gasteiger partial charge in [0, 0.05) is 6.92 Å². The van der Waals surface area contributed by atoms with E-state index in [0.717, 1.165) is 6.92 Å². The van der Waals surface area contributed by atoms with Gasteiger partial charge < -0.3 is 125 Å². The number of carbonyl (C=O) groups is 1. The van der Waals surface area contributed by atoms with Crippen molar-refractivity contribution in [2.24, 2.45) is 0 Å². The van der Waals surface area contributed by atoms with Gasteiger partial charge in [-0.15, -0.1) is 0 Å². The van der Waals surface area contributed by atoms with Crippen molar-refractivity contribution in [3.8, 4) is 0 Å². The smallest absolute Gasteiger partial charge is 0.217 e. The number of aliphatic hydroxyl groups excluding tert-OH is 15. The molecular weight excluding hydrogens is 798 g/mol. The van der Waals surface area contributed by atoms with Crippen molar-refractivity contribution in [2.75, 3.05) is 26.4 Å². The second-order valence-electron chi connectivity index (χ2n) is 14.7. The predicted octanol–water partition coefficient (Wildman–Crippen LogP) is -10.8. The van der Waals surface area contributed by atoms with E-state index in [0.29, 0.717) is 0 Å². The Labute approximate surface area is 329 Å². The van der Waals surface area contributed by atoms with Gasteiger partial charge >= 0.3 is 0 Å². The Kier molecular flexibility index (Phi) is 16.5. The van der Waals surface area contributed by atoms with Crippen LogP contribution in [0.4, 0.5) is 0 Å². The fourth-order valence-corrected chi connectivity index (χ4v) is 7.26. The highest BCUT2D eigenvalue weighted by Crippen LogP contribution is 2.34. The Morgan fingerprint density at radius 2 is 0.931 bits per heavy atom. The lowest BCUT2D eigenvalue weighted by Gasteiger charge is -2.49. The Balaban J connectivity index is 1.34. The number of amides is 1. The SMILES string of the molecule is CC(=O)N[C@H]1[C@H](OC[C@H]2O[C@@H](O[C@H]3[C@H](O[C@@H]4O[C@@H](C)[C@@H](O)[C@@H](O)[C@@H]4O)[C@@H](O)C(O)O[C@@H]3CO)[C@H](O)[C@@H](O)[C@H]2O)O[C@H](CO)[C@@H](O)[C@@H]1O[C@@H]1O[C@H](CO)[C@H](O)[C@H](O)[C@H]1O. The van der Waals surface area contributed by atoms with Crippen LogP contribution in [0.5, 0.6) is 0 Å². The third-order valence-electron chi connectivity index (χ3n) is 10.7. The van der Waals surface area contributed by atoms with Gasteiger partial charge in [0.25, 0.3) is 0 Å². The zero-order valence-electron chi connectivity index (χ0n) is 31.1. The van der Waals surface area contributed by atoms with Crippen LogP contribution in [-0.2, 0) is 47.4 Å². The minimum Gasteiger partial charge on any atom is -0.394 e. The predicted molar refractivity (Wildman–Crippen MR) is 177 cm³/mol. The van der Waals surface area contributed by atoms with Crippen LogP contribution in [-0.4, -0.2) is 262 Å². The lowest BCUT2D eigenvalue weighted by molar-refractivity contribution is -0.384. The molecule has 26 heteroatoms. The van der Waals surface area contributed by atoms with Gasteiger partial charge in [-0.25, -0.2) is 0 Å². The first-order chi connectivity index (χ1) is 27.3. The molecule has 5 aliphatic heterocycles. The summed E-state index contributed by atoms with van der Waals surface area (Å²) in [7, 11) is 0. The monoisotopic (exact) mass is 853 g/mol.